The highest BCUT2D eigenvalue weighted by atomic mass is 35.5. The first-order chi connectivity index (χ1) is 9.47. The predicted octanol–water partition coefficient (Wildman–Crippen LogP) is 2.53. The molecule has 1 saturated heterocycles. The minimum atomic E-state index is -0.532. The van der Waals surface area contributed by atoms with Crippen LogP contribution >= 0.6 is 23.2 Å². The molecule has 110 valence electrons. The summed E-state index contributed by atoms with van der Waals surface area (Å²) in [4.78, 5) is 16.3. The Hall–Kier alpha value is -0.970. The van der Waals surface area contributed by atoms with E-state index >= 15 is 0 Å². The number of rotatable bonds is 3. The average molecular weight is 317 g/mol. The van der Waals surface area contributed by atoms with E-state index in [0.29, 0.717) is 15.8 Å². The molecule has 1 aromatic carbocycles. The van der Waals surface area contributed by atoms with Gasteiger partial charge in [-0.2, -0.15) is 0 Å². The molecule has 6 heteroatoms. The normalized spacial score (nSPS) is 17.9. The molecule has 20 heavy (non-hydrogen) atoms. The summed E-state index contributed by atoms with van der Waals surface area (Å²) in [5.41, 5.74) is 0. The van der Waals surface area contributed by atoms with Crippen LogP contribution in [0, 0.1) is 0 Å². The zero-order valence-corrected chi connectivity index (χ0v) is 13.1. The van der Waals surface area contributed by atoms with Gasteiger partial charge in [-0.05, 0) is 26.1 Å². The lowest BCUT2D eigenvalue weighted by Gasteiger charge is -2.33. The van der Waals surface area contributed by atoms with E-state index in [-0.39, 0.29) is 5.91 Å². The Balaban J connectivity index is 1.95. The number of ether oxygens (including phenoxy) is 1. The van der Waals surface area contributed by atoms with Crippen LogP contribution in [0.2, 0.25) is 10.0 Å². The summed E-state index contributed by atoms with van der Waals surface area (Å²) >= 11 is 11.8. The number of nitrogens with zero attached hydrogens (tertiary/aromatic N) is 2. The summed E-state index contributed by atoms with van der Waals surface area (Å²) in [5.74, 6) is 0.554. The summed E-state index contributed by atoms with van der Waals surface area (Å²) in [5, 5.41) is 0.889. The Labute approximate surface area is 129 Å². The van der Waals surface area contributed by atoms with E-state index in [0.717, 1.165) is 26.2 Å². The summed E-state index contributed by atoms with van der Waals surface area (Å²) in [6.07, 6.45) is -0.532. The van der Waals surface area contributed by atoms with Crippen LogP contribution in [0.25, 0.3) is 0 Å². The third-order valence-electron chi connectivity index (χ3n) is 3.37. The van der Waals surface area contributed by atoms with Crippen molar-refractivity contribution in [2.75, 3.05) is 33.2 Å². The molecule has 1 amide bonds. The van der Waals surface area contributed by atoms with Crippen molar-refractivity contribution in [3.8, 4) is 5.75 Å². The monoisotopic (exact) mass is 316 g/mol. The van der Waals surface area contributed by atoms with Crippen LogP contribution in [0.5, 0.6) is 5.75 Å². The molecule has 1 unspecified atom stereocenters. The summed E-state index contributed by atoms with van der Waals surface area (Å²) < 4.78 is 5.64. The van der Waals surface area contributed by atoms with Crippen molar-refractivity contribution in [1.29, 1.82) is 0 Å². The zero-order valence-electron chi connectivity index (χ0n) is 11.6. The summed E-state index contributed by atoms with van der Waals surface area (Å²) in [6, 6.07) is 4.99. The van der Waals surface area contributed by atoms with Crippen LogP contribution < -0.4 is 4.74 Å². The van der Waals surface area contributed by atoms with Crippen molar-refractivity contribution < 1.29 is 9.53 Å². The van der Waals surface area contributed by atoms with E-state index in [2.05, 4.69) is 11.9 Å². The molecule has 1 aliphatic rings. The lowest BCUT2D eigenvalue weighted by Crippen LogP contribution is -2.50. The fraction of sp³-hybridized carbons (Fsp3) is 0.500. The molecule has 1 fully saturated rings. The fourth-order valence-electron chi connectivity index (χ4n) is 2.09. The molecule has 0 aliphatic carbocycles. The fourth-order valence-corrected chi connectivity index (χ4v) is 2.38. The van der Waals surface area contributed by atoms with Crippen LogP contribution in [-0.2, 0) is 4.79 Å². The number of carbonyl (C=O) groups excluding carboxylic acids is 1. The molecule has 1 heterocycles. The number of hydrogen-bond donors (Lipinski definition) is 0. The summed E-state index contributed by atoms with van der Waals surface area (Å²) in [7, 11) is 2.05. The van der Waals surface area contributed by atoms with E-state index in [4.69, 9.17) is 27.9 Å². The van der Waals surface area contributed by atoms with E-state index in [1.807, 2.05) is 4.90 Å². The molecule has 0 saturated carbocycles. The molecular formula is C14H18Cl2N2O2. The standard InChI is InChI=1S/C14H18Cl2N2O2/c1-10(14(19)18-7-5-17(2)6-8-18)20-11-3-4-12(15)13(16)9-11/h3-4,9-10H,5-8H2,1-2H3. The minimum Gasteiger partial charge on any atom is -0.481 e. The van der Waals surface area contributed by atoms with Crippen LogP contribution in [0.15, 0.2) is 18.2 Å². The van der Waals surface area contributed by atoms with Gasteiger partial charge in [0.15, 0.2) is 6.10 Å². The average Bonchev–Trinajstić information content (AvgIpc) is 2.43. The number of carbonyl (C=O) groups is 1. The first kappa shape index (κ1) is 15.4. The molecule has 0 spiro atoms. The van der Waals surface area contributed by atoms with Crippen LogP contribution in [0.4, 0.5) is 0 Å². The van der Waals surface area contributed by atoms with E-state index in [9.17, 15) is 4.79 Å². The molecular weight excluding hydrogens is 299 g/mol. The highest BCUT2D eigenvalue weighted by Crippen LogP contribution is 2.27. The zero-order chi connectivity index (χ0) is 14.7. The van der Waals surface area contributed by atoms with Gasteiger partial charge in [0.1, 0.15) is 5.75 Å². The van der Waals surface area contributed by atoms with Gasteiger partial charge in [-0.25, -0.2) is 0 Å². The molecule has 1 atom stereocenters. The first-order valence-electron chi connectivity index (χ1n) is 6.56. The van der Waals surface area contributed by atoms with Crippen molar-refractivity contribution in [1.82, 2.24) is 9.80 Å². The first-order valence-corrected chi connectivity index (χ1v) is 7.32. The highest BCUT2D eigenvalue weighted by Gasteiger charge is 2.24. The maximum atomic E-state index is 12.3. The third kappa shape index (κ3) is 3.78. The SMILES string of the molecule is CC(Oc1ccc(Cl)c(Cl)c1)C(=O)N1CCN(C)CC1. The van der Waals surface area contributed by atoms with Crippen molar-refractivity contribution in [3.63, 3.8) is 0 Å². The molecule has 1 aromatic rings. The van der Waals surface area contributed by atoms with Gasteiger partial charge in [-0.15, -0.1) is 0 Å². The predicted molar refractivity (Wildman–Crippen MR) is 80.6 cm³/mol. The molecule has 0 bridgehead atoms. The van der Waals surface area contributed by atoms with Crippen molar-refractivity contribution in [2.24, 2.45) is 0 Å². The van der Waals surface area contributed by atoms with E-state index in [1.54, 1.807) is 25.1 Å². The number of benzene rings is 1. The highest BCUT2D eigenvalue weighted by molar-refractivity contribution is 6.42. The maximum absolute atomic E-state index is 12.3. The quantitative estimate of drug-likeness (QED) is 0.859. The largest absolute Gasteiger partial charge is 0.481 e. The van der Waals surface area contributed by atoms with Gasteiger partial charge in [0.05, 0.1) is 10.0 Å². The van der Waals surface area contributed by atoms with Gasteiger partial charge in [-0.3, -0.25) is 4.79 Å². The molecule has 0 N–H and O–H groups in total. The topological polar surface area (TPSA) is 32.8 Å². The number of piperazine rings is 1. The second-order valence-corrected chi connectivity index (χ2v) is 5.78. The van der Waals surface area contributed by atoms with Crippen LogP contribution in [-0.4, -0.2) is 55.0 Å². The van der Waals surface area contributed by atoms with Gasteiger partial charge in [0.2, 0.25) is 0 Å². The van der Waals surface area contributed by atoms with Gasteiger partial charge < -0.3 is 14.5 Å². The van der Waals surface area contributed by atoms with Crippen molar-refractivity contribution in [2.45, 2.75) is 13.0 Å². The maximum Gasteiger partial charge on any atom is 0.263 e. The van der Waals surface area contributed by atoms with Gasteiger partial charge in [0, 0.05) is 32.2 Å². The Morgan fingerprint density at radius 2 is 1.85 bits per heavy atom. The number of hydrogen-bond acceptors (Lipinski definition) is 3. The Morgan fingerprint density at radius 1 is 1.20 bits per heavy atom. The van der Waals surface area contributed by atoms with E-state index < -0.39 is 6.10 Å². The lowest BCUT2D eigenvalue weighted by atomic mass is 10.2. The van der Waals surface area contributed by atoms with Crippen molar-refractivity contribution in [3.05, 3.63) is 28.2 Å². The molecule has 4 nitrogen and oxygen atoms in total. The Kier molecular flexibility index (Phi) is 5.13. The Bertz CT molecular complexity index is 488. The smallest absolute Gasteiger partial charge is 0.263 e. The minimum absolute atomic E-state index is 0.00386. The Morgan fingerprint density at radius 3 is 2.45 bits per heavy atom. The summed E-state index contributed by atoms with van der Waals surface area (Å²) in [6.45, 7) is 5.02. The second-order valence-electron chi connectivity index (χ2n) is 4.96. The molecule has 1 aliphatic heterocycles. The van der Waals surface area contributed by atoms with Crippen LogP contribution in [0.1, 0.15) is 6.92 Å². The second kappa shape index (κ2) is 6.66. The lowest BCUT2D eigenvalue weighted by molar-refractivity contribution is -0.139. The van der Waals surface area contributed by atoms with Gasteiger partial charge >= 0.3 is 0 Å². The van der Waals surface area contributed by atoms with Crippen molar-refractivity contribution >= 4 is 29.1 Å². The molecule has 0 aromatic heterocycles. The van der Waals surface area contributed by atoms with Crippen LogP contribution in [0.3, 0.4) is 0 Å². The molecule has 2 rings (SSSR count). The number of amides is 1. The molecule has 0 radical (unpaired) electrons. The van der Waals surface area contributed by atoms with E-state index in [1.165, 1.54) is 0 Å². The van der Waals surface area contributed by atoms with Gasteiger partial charge in [-0.1, -0.05) is 23.2 Å². The third-order valence-corrected chi connectivity index (χ3v) is 4.11. The number of halogens is 2. The van der Waals surface area contributed by atoms with Gasteiger partial charge in [0.25, 0.3) is 5.91 Å². The number of likely N-dealkylation sites (N-methyl/N-ethyl adjacent to an activating group) is 1.